The molecule has 0 bridgehead atoms. The minimum absolute atomic E-state index is 0.0921. The summed E-state index contributed by atoms with van der Waals surface area (Å²) in [6.07, 6.45) is 2.78. The lowest BCUT2D eigenvalue weighted by atomic mass is 9.91. The second-order valence-corrected chi connectivity index (χ2v) is 7.23. The molecule has 1 aromatic carbocycles. The van der Waals surface area contributed by atoms with E-state index in [9.17, 15) is 4.79 Å². The Hall–Kier alpha value is -0.770. The van der Waals surface area contributed by atoms with Crippen molar-refractivity contribution in [2.75, 3.05) is 13.1 Å². The molecular formula is C17H24Cl2N2O. The predicted octanol–water partition coefficient (Wildman–Crippen LogP) is 3.76. The van der Waals surface area contributed by atoms with Gasteiger partial charge in [0, 0.05) is 35.1 Å². The summed E-state index contributed by atoms with van der Waals surface area (Å²) in [5.41, 5.74) is 6.96. The Kier molecular flexibility index (Phi) is 6.13. The Labute approximate surface area is 142 Å². The Balaban J connectivity index is 1.99. The highest BCUT2D eigenvalue weighted by molar-refractivity contribution is 6.35. The van der Waals surface area contributed by atoms with Crippen LogP contribution >= 0.6 is 23.2 Å². The predicted molar refractivity (Wildman–Crippen MR) is 92.3 cm³/mol. The van der Waals surface area contributed by atoms with E-state index < -0.39 is 0 Å². The van der Waals surface area contributed by atoms with E-state index in [0.717, 1.165) is 31.5 Å². The number of hydrogen-bond acceptors (Lipinski definition) is 2. The normalized spacial score (nSPS) is 21.5. The van der Waals surface area contributed by atoms with Crippen molar-refractivity contribution in [3.05, 3.63) is 33.8 Å². The molecule has 2 rings (SSSR count). The summed E-state index contributed by atoms with van der Waals surface area (Å²) in [5.74, 6) is 0.505. The molecule has 1 aromatic rings. The molecule has 1 amide bonds. The molecule has 3 atom stereocenters. The number of amides is 1. The van der Waals surface area contributed by atoms with E-state index in [4.69, 9.17) is 28.9 Å². The number of carbonyl (C=O) groups excluding carboxylic acids is 1. The smallest absolute Gasteiger partial charge is 0.225 e. The second-order valence-electron chi connectivity index (χ2n) is 6.39. The molecule has 5 heteroatoms. The quantitative estimate of drug-likeness (QED) is 0.905. The molecule has 1 aliphatic heterocycles. The van der Waals surface area contributed by atoms with E-state index in [2.05, 4.69) is 0 Å². The number of carbonyl (C=O) groups is 1. The van der Waals surface area contributed by atoms with Gasteiger partial charge in [-0.2, -0.15) is 0 Å². The molecule has 122 valence electrons. The van der Waals surface area contributed by atoms with Crippen LogP contribution in [0.5, 0.6) is 0 Å². The number of likely N-dealkylation sites (tertiary alicyclic amines) is 1. The van der Waals surface area contributed by atoms with Gasteiger partial charge in [0.15, 0.2) is 0 Å². The van der Waals surface area contributed by atoms with Crippen LogP contribution in [0.2, 0.25) is 10.0 Å². The number of nitrogens with zero attached hydrogens (tertiary/aromatic N) is 1. The Morgan fingerprint density at radius 3 is 2.77 bits per heavy atom. The third-order valence-corrected chi connectivity index (χ3v) is 5.06. The lowest BCUT2D eigenvalue weighted by Gasteiger charge is -2.36. The molecule has 22 heavy (non-hydrogen) atoms. The maximum absolute atomic E-state index is 12.7. The van der Waals surface area contributed by atoms with Gasteiger partial charge in [-0.3, -0.25) is 4.79 Å². The number of halogens is 2. The number of nitrogens with two attached hydrogens (primary N) is 1. The van der Waals surface area contributed by atoms with Gasteiger partial charge >= 0.3 is 0 Å². The fourth-order valence-corrected chi connectivity index (χ4v) is 3.54. The highest BCUT2D eigenvalue weighted by Gasteiger charge is 2.28. The molecule has 1 fully saturated rings. The zero-order valence-electron chi connectivity index (χ0n) is 13.2. The van der Waals surface area contributed by atoms with Gasteiger partial charge in [-0.1, -0.05) is 36.2 Å². The van der Waals surface area contributed by atoms with E-state index >= 15 is 0 Å². The molecule has 0 spiro atoms. The highest BCUT2D eigenvalue weighted by Crippen LogP contribution is 2.25. The van der Waals surface area contributed by atoms with Crippen LogP contribution in [-0.2, 0) is 11.2 Å². The van der Waals surface area contributed by atoms with Gasteiger partial charge < -0.3 is 10.6 Å². The van der Waals surface area contributed by atoms with Crippen molar-refractivity contribution in [3.63, 3.8) is 0 Å². The van der Waals surface area contributed by atoms with E-state index in [1.165, 1.54) is 0 Å². The maximum Gasteiger partial charge on any atom is 0.225 e. The van der Waals surface area contributed by atoms with Crippen molar-refractivity contribution in [2.24, 2.45) is 17.6 Å². The highest BCUT2D eigenvalue weighted by atomic mass is 35.5. The molecule has 3 nitrogen and oxygen atoms in total. The second kappa shape index (κ2) is 7.67. The molecule has 2 N–H and O–H groups in total. The zero-order valence-corrected chi connectivity index (χ0v) is 14.7. The summed E-state index contributed by atoms with van der Waals surface area (Å²) < 4.78 is 0. The van der Waals surface area contributed by atoms with Gasteiger partial charge in [0.25, 0.3) is 0 Å². The topological polar surface area (TPSA) is 46.3 Å². The van der Waals surface area contributed by atoms with E-state index in [0.29, 0.717) is 22.4 Å². The van der Waals surface area contributed by atoms with E-state index in [-0.39, 0.29) is 17.9 Å². The summed E-state index contributed by atoms with van der Waals surface area (Å²) in [4.78, 5) is 14.6. The first-order valence-electron chi connectivity index (χ1n) is 7.86. The van der Waals surface area contributed by atoms with Gasteiger partial charge in [0.1, 0.15) is 0 Å². The Morgan fingerprint density at radius 1 is 1.41 bits per heavy atom. The van der Waals surface area contributed by atoms with Crippen LogP contribution in [0.4, 0.5) is 0 Å². The average molecular weight is 343 g/mol. The summed E-state index contributed by atoms with van der Waals surface area (Å²) in [6.45, 7) is 5.59. The van der Waals surface area contributed by atoms with Crippen molar-refractivity contribution in [2.45, 2.75) is 39.2 Å². The Morgan fingerprint density at radius 2 is 2.14 bits per heavy atom. The van der Waals surface area contributed by atoms with E-state index in [1.807, 2.05) is 30.9 Å². The first kappa shape index (κ1) is 17.6. The third kappa shape index (κ3) is 4.37. The standard InChI is InChI=1S/C17H24Cl2N2O/c1-11(8-13-5-6-15(18)9-16(13)19)17(22)21-7-3-4-14(10-21)12(2)20/h5-6,9,11-12,14H,3-4,7-8,10,20H2,1-2H3/t11-,12-,14+/m1/s1. The zero-order chi connectivity index (χ0) is 16.3. The molecule has 1 saturated heterocycles. The van der Waals surface area contributed by atoms with Gasteiger partial charge in [0.2, 0.25) is 5.91 Å². The van der Waals surface area contributed by atoms with Crippen molar-refractivity contribution in [1.82, 2.24) is 4.90 Å². The SMILES string of the molecule is C[C@H](Cc1ccc(Cl)cc1Cl)C(=O)N1CCC[C@H]([C@@H](C)N)C1. The Bertz CT molecular complexity index is 533. The van der Waals surface area contributed by atoms with Gasteiger partial charge in [0.05, 0.1) is 0 Å². The first-order valence-corrected chi connectivity index (χ1v) is 8.62. The molecule has 0 saturated carbocycles. The van der Waals surface area contributed by atoms with E-state index in [1.54, 1.807) is 6.07 Å². The minimum Gasteiger partial charge on any atom is -0.342 e. The van der Waals surface area contributed by atoms with Crippen molar-refractivity contribution in [3.8, 4) is 0 Å². The number of hydrogen-bond donors (Lipinski definition) is 1. The molecule has 1 heterocycles. The van der Waals surface area contributed by atoms with Crippen molar-refractivity contribution >= 4 is 29.1 Å². The molecule has 1 aliphatic rings. The average Bonchev–Trinajstić information content (AvgIpc) is 2.49. The molecule has 0 unspecified atom stereocenters. The van der Waals surface area contributed by atoms with Crippen LogP contribution in [0.1, 0.15) is 32.3 Å². The number of rotatable bonds is 4. The molecule has 0 radical (unpaired) electrons. The third-order valence-electron chi connectivity index (χ3n) is 4.48. The van der Waals surface area contributed by atoms with Crippen LogP contribution in [0.25, 0.3) is 0 Å². The van der Waals surface area contributed by atoms with Crippen molar-refractivity contribution < 1.29 is 4.79 Å². The van der Waals surface area contributed by atoms with Crippen LogP contribution in [0.15, 0.2) is 18.2 Å². The van der Waals surface area contributed by atoms with Gasteiger partial charge in [-0.05, 0) is 49.8 Å². The monoisotopic (exact) mass is 342 g/mol. The molecule has 0 aromatic heterocycles. The minimum atomic E-state index is -0.0921. The lowest BCUT2D eigenvalue weighted by molar-refractivity contribution is -0.136. The maximum atomic E-state index is 12.7. The fourth-order valence-electron chi connectivity index (χ4n) is 3.06. The number of benzene rings is 1. The first-order chi connectivity index (χ1) is 10.4. The summed E-state index contributed by atoms with van der Waals surface area (Å²) in [6, 6.07) is 5.57. The summed E-state index contributed by atoms with van der Waals surface area (Å²) in [5, 5.41) is 1.24. The summed E-state index contributed by atoms with van der Waals surface area (Å²) in [7, 11) is 0. The molecular weight excluding hydrogens is 319 g/mol. The van der Waals surface area contributed by atoms with Crippen LogP contribution in [0.3, 0.4) is 0 Å². The summed E-state index contributed by atoms with van der Waals surface area (Å²) >= 11 is 12.1. The largest absolute Gasteiger partial charge is 0.342 e. The van der Waals surface area contributed by atoms with Gasteiger partial charge in [-0.25, -0.2) is 0 Å². The fraction of sp³-hybridized carbons (Fsp3) is 0.588. The van der Waals surface area contributed by atoms with Crippen LogP contribution in [0, 0.1) is 11.8 Å². The lowest BCUT2D eigenvalue weighted by Crippen LogP contribution is -2.46. The van der Waals surface area contributed by atoms with Crippen LogP contribution < -0.4 is 5.73 Å². The van der Waals surface area contributed by atoms with Gasteiger partial charge in [-0.15, -0.1) is 0 Å². The molecule has 0 aliphatic carbocycles. The van der Waals surface area contributed by atoms with Crippen LogP contribution in [-0.4, -0.2) is 29.9 Å². The number of piperidine rings is 1. The van der Waals surface area contributed by atoms with Crippen molar-refractivity contribution in [1.29, 1.82) is 0 Å².